The average molecular weight is 287 g/mol. The maximum atomic E-state index is 5.83. The fourth-order valence-electron chi connectivity index (χ4n) is 1.92. The molecule has 0 amide bonds. The zero-order valence-corrected chi connectivity index (χ0v) is 11.0. The van der Waals surface area contributed by atoms with Crippen molar-refractivity contribution in [1.29, 1.82) is 0 Å². The summed E-state index contributed by atoms with van der Waals surface area (Å²) in [6, 6.07) is 16.5. The second kappa shape index (κ2) is 4.04. The average Bonchev–Trinajstić information content (AvgIpc) is 2.72. The highest BCUT2D eigenvalue weighted by Crippen LogP contribution is 2.29. The summed E-state index contributed by atoms with van der Waals surface area (Å²) in [5.41, 5.74) is 3.29. The van der Waals surface area contributed by atoms with E-state index in [9.17, 15) is 0 Å². The molecule has 3 rings (SSSR count). The summed E-state index contributed by atoms with van der Waals surface area (Å²) in [4.78, 5) is 0. The summed E-state index contributed by atoms with van der Waals surface area (Å²) >= 11 is 3.43. The van der Waals surface area contributed by atoms with Crippen LogP contribution < -0.4 is 0 Å². The fraction of sp³-hybridized carbons (Fsp3) is 0.0667. The Balaban J connectivity index is 2.14. The number of furan rings is 1. The maximum absolute atomic E-state index is 5.83. The number of halogens is 1. The molecule has 0 atom stereocenters. The number of benzene rings is 2. The first-order valence-electron chi connectivity index (χ1n) is 5.48. The molecule has 0 aliphatic heterocycles. The summed E-state index contributed by atoms with van der Waals surface area (Å²) in [6.07, 6.45) is 0. The minimum atomic E-state index is 0.915. The van der Waals surface area contributed by atoms with E-state index in [1.807, 2.05) is 18.2 Å². The van der Waals surface area contributed by atoms with E-state index in [0.29, 0.717) is 0 Å². The van der Waals surface area contributed by atoms with Gasteiger partial charge in [-0.25, -0.2) is 0 Å². The molecular formula is C15H11BrO. The second-order valence-electron chi connectivity index (χ2n) is 4.16. The molecule has 2 heteroatoms. The van der Waals surface area contributed by atoms with Crippen molar-refractivity contribution in [2.24, 2.45) is 0 Å². The summed E-state index contributed by atoms with van der Waals surface area (Å²) in [5.74, 6) is 0.915. The molecule has 2 aromatic carbocycles. The Kier molecular flexibility index (Phi) is 2.52. The Labute approximate surface area is 108 Å². The van der Waals surface area contributed by atoms with E-state index < -0.39 is 0 Å². The Bertz CT molecular complexity index is 665. The van der Waals surface area contributed by atoms with Crippen LogP contribution in [0.4, 0.5) is 0 Å². The van der Waals surface area contributed by atoms with Crippen LogP contribution in [0.1, 0.15) is 5.56 Å². The van der Waals surface area contributed by atoms with Crippen molar-refractivity contribution in [2.75, 3.05) is 0 Å². The summed E-state index contributed by atoms with van der Waals surface area (Å²) in [7, 11) is 0. The van der Waals surface area contributed by atoms with Gasteiger partial charge in [-0.15, -0.1) is 0 Å². The minimum absolute atomic E-state index is 0.915. The summed E-state index contributed by atoms with van der Waals surface area (Å²) < 4.78 is 6.91. The van der Waals surface area contributed by atoms with Gasteiger partial charge < -0.3 is 4.42 Å². The molecule has 0 saturated heterocycles. The highest BCUT2D eigenvalue weighted by Gasteiger charge is 2.05. The number of rotatable bonds is 1. The molecule has 0 N–H and O–H groups in total. The number of hydrogen-bond acceptors (Lipinski definition) is 1. The first kappa shape index (κ1) is 10.6. The van der Waals surface area contributed by atoms with Gasteiger partial charge in [-0.2, -0.15) is 0 Å². The molecule has 0 radical (unpaired) electrons. The fourth-order valence-corrected chi connectivity index (χ4v) is 2.18. The van der Waals surface area contributed by atoms with Crippen LogP contribution in [0.2, 0.25) is 0 Å². The number of aryl methyl sites for hydroxylation is 1. The van der Waals surface area contributed by atoms with Crippen LogP contribution in [0.15, 0.2) is 57.4 Å². The van der Waals surface area contributed by atoms with E-state index in [-0.39, 0.29) is 0 Å². The molecule has 0 bridgehead atoms. The molecule has 17 heavy (non-hydrogen) atoms. The third-order valence-corrected chi connectivity index (χ3v) is 3.33. The molecule has 0 aliphatic carbocycles. The monoisotopic (exact) mass is 286 g/mol. The van der Waals surface area contributed by atoms with Crippen molar-refractivity contribution in [3.05, 3.63) is 58.6 Å². The van der Waals surface area contributed by atoms with Crippen molar-refractivity contribution >= 4 is 26.9 Å². The van der Waals surface area contributed by atoms with Crippen molar-refractivity contribution in [1.82, 2.24) is 0 Å². The van der Waals surface area contributed by atoms with Gasteiger partial charge in [-0.1, -0.05) is 39.7 Å². The van der Waals surface area contributed by atoms with Gasteiger partial charge >= 0.3 is 0 Å². The van der Waals surface area contributed by atoms with Crippen LogP contribution in [0.3, 0.4) is 0 Å². The largest absolute Gasteiger partial charge is 0.456 e. The van der Waals surface area contributed by atoms with E-state index in [1.165, 1.54) is 5.56 Å². The minimum Gasteiger partial charge on any atom is -0.456 e. The third kappa shape index (κ3) is 2.01. The van der Waals surface area contributed by atoms with Crippen LogP contribution >= 0.6 is 15.9 Å². The third-order valence-electron chi connectivity index (χ3n) is 2.80. The van der Waals surface area contributed by atoms with Crippen LogP contribution in [0.25, 0.3) is 22.3 Å². The van der Waals surface area contributed by atoms with Crippen LogP contribution in [0.5, 0.6) is 0 Å². The van der Waals surface area contributed by atoms with E-state index in [0.717, 1.165) is 26.8 Å². The van der Waals surface area contributed by atoms with Gasteiger partial charge in [-0.3, -0.25) is 0 Å². The zero-order chi connectivity index (χ0) is 11.8. The topological polar surface area (TPSA) is 13.1 Å². The van der Waals surface area contributed by atoms with Crippen molar-refractivity contribution in [3.8, 4) is 11.3 Å². The maximum Gasteiger partial charge on any atom is 0.135 e. The van der Waals surface area contributed by atoms with Crippen molar-refractivity contribution in [3.63, 3.8) is 0 Å². The van der Waals surface area contributed by atoms with E-state index in [1.54, 1.807) is 0 Å². The first-order valence-corrected chi connectivity index (χ1v) is 6.28. The number of fused-ring (bicyclic) bond motifs is 1. The van der Waals surface area contributed by atoms with Crippen molar-refractivity contribution in [2.45, 2.75) is 6.92 Å². The highest BCUT2D eigenvalue weighted by molar-refractivity contribution is 9.10. The molecule has 1 heterocycles. The molecule has 0 unspecified atom stereocenters. The van der Waals surface area contributed by atoms with Gasteiger partial charge in [0.15, 0.2) is 0 Å². The Morgan fingerprint density at radius 3 is 2.47 bits per heavy atom. The van der Waals surface area contributed by atoms with Gasteiger partial charge in [0.1, 0.15) is 11.3 Å². The van der Waals surface area contributed by atoms with Gasteiger partial charge in [0, 0.05) is 15.4 Å². The van der Waals surface area contributed by atoms with Gasteiger partial charge in [-0.05, 0) is 37.3 Å². The molecule has 0 fully saturated rings. The zero-order valence-electron chi connectivity index (χ0n) is 9.41. The molecule has 84 valence electrons. The van der Waals surface area contributed by atoms with Crippen molar-refractivity contribution < 1.29 is 4.42 Å². The predicted molar refractivity (Wildman–Crippen MR) is 74.1 cm³/mol. The molecular weight excluding hydrogens is 276 g/mol. The lowest BCUT2D eigenvalue weighted by atomic mass is 10.1. The smallest absolute Gasteiger partial charge is 0.135 e. The lowest BCUT2D eigenvalue weighted by Gasteiger charge is -1.95. The van der Waals surface area contributed by atoms with E-state index in [4.69, 9.17) is 4.42 Å². The lowest BCUT2D eigenvalue weighted by Crippen LogP contribution is -1.71. The second-order valence-corrected chi connectivity index (χ2v) is 5.07. The quantitative estimate of drug-likeness (QED) is 0.601. The Hall–Kier alpha value is -1.54. The van der Waals surface area contributed by atoms with Crippen LogP contribution in [-0.2, 0) is 0 Å². The molecule has 0 aliphatic rings. The lowest BCUT2D eigenvalue weighted by molar-refractivity contribution is 0.631. The Morgan fingerprint density at radius 2 is 1.71 bits per heavy atom. The molecule has 3 aromatic rings. The normalized spacial score (nSPS) is 10.9. The van der Waals surface area contributed by atoms with Gasteiger partial charge in [0.25, 0.3) is 0 Å². The van der Waals surface area contributed by atoms with Gasteiger partial charge in [0.2, 0.25) is 0 Å². The molecule has 1 nitrogen and oxygen atoms in total. The van der Waals surface area contributed by atoms with E-state index in [2.05, 4.69) is 53.2 Å². The molecule has 0 saturated carbocycles. The summed E-state index contributed by atoms with van der Waals surface area (Å²) in [6.45, 7) is 2.09. The SMILES string of the molecule is Cc1ccc2oc(-c3ccc(Br)cc3)cc2c1. The molecule has 1 aromatic heterocycles. The number of hydrogen-bond donors (Lipinski definition) is 0. The summed E-state index contributed by atoms with van der Waals surface area (Å²) in [5, 5.41) is 1.16. The van der Waals surface area contributed by atoms with Crippen LogP contribution in [-0.4, -0.2) is 0 Å². The van der Waals surface area contributed by atoms with E-state index >= 15 is 0 Å². The predicted octanol–water partition coefficient (Wildman–Crippen LogP) is 5.17. The molecule has 0 spiro atoms. The standard InChI is InChI=1S/C15H11BrO/c1-10-2-7-14-12(8-10)9-15(17-14)11-3-5-13(16)6-4-11/h2-9H,1H3. The highest BCUT2D eigenvalue weighted by atomic mass is 79.9. The first-order chi connectivity index (χ1) is 8.22. The van der Waals surface area contributed by atoms with Gasteiger partial charge in [0.05, 0.1) is 0 Å². The van der Waals surface area contributed by atoms with Crippen LogP contribution in [0, 0.1) is 6.92 Å². The Morgan fingerprint density at radius 1 is 0.941 bits per heavy atom.